The van der Waals surface area contributed by atoms with Crippen molar-refractivity contribution >= 4 is 20.7 Å². The van der Waals surface area contributed by atoms with E-state index in [0.29, 0.717) is 44.0 Å². The zero-order chi connectivity index (χ0) is 19.9. The molecule has 146 valence electrons. The standard InChI is InChI=1S/C10H20O5Si.C6H11NO2/c1-9(2)10(11)15-7-6-8-16(12-3,13-4)14-5;1-5(6(8)9)3-2-4-7/h1,6-8H2,2-5H3;1-4,7H2,(H,8,9). The smallest absolute Gasteiger partial charge is 0.478 e. The summed E-state index contributed by atoms with van der Waals surface area (Å²) in [6.45, 7) is 9.28. The summed E-state index contributed by atoms with van der Waals surface area (Å²) in [7, 11) is 2.13. The summed E-state index contributed by atoms with van der Waals surface area (Å²) in [6, 6.07) is 0.611. The zero-order valence-corrected chi connectivity index (χ0v) is 16.6. The highest BCUT2D eigenvalue weighted by molar-refractivity contribution is 6.60. The molecule has 0 radical (unpaired) electrons. The fraction of sp³-hybridized carbons (Fsp3) is 0.625. The molecular weight excluding hydrogens is 346 g/mol. The third-order valence-corrected chi connectivity index (χ3v) is 5.96. The molecule has 0 aromatic heterocycles. The highest BCUT2D eigenvalue weighted by atomic mass is 28.4. The van der Waals surface area contributed by atoms with Gasteiger partial charge in [0.15, 0.2) is 0 Å². The van der Waals surface area contributed by atoms with Gasteiger partial charge in [-0.3, -0.25) is 0 Å². The first kappa shape index (κ1) is 25.7. The second kappa shape index (κ2) is 14.8. The van der Waals surface area contributed by atoms with E-state index in [-0.39, 0.29) is 11.5 Å². The van der Waals surface area contributed by atoms with Crippen LogP contribution >= 0.6 is 0 Å². The maximum absolute atomic E-state index is 11.1. The van der Waals surface area contributed by atoms with Gasteiger partial charge in [-0.1, -0.05) is 13.2 Å². The van der Waals surface area contributed by atoms with Gasteiger partial charge in [0.25, 0.3) is 0 Å². The molecule has 25 heavy (non-hydrogen) atoms. The van der Waals surface area contributed by atoms with E-state index in [0.717, 1.165) is 0 Å². The molecule has 0 fully saturated rings. The largest absolute Gasteiger partial charge is 0.500 e. The molecule has 0 aliphatic rings. The van der Waals surface area contributed by atoms with Gasteiger partial charge in [0, 0.05) is 38.5 Å². The van der Waals surface area contributed by atoms with Crippen molar-refractivity contribution in [3.63, 3.8) is 0 Å². The third-order valence-electron chi connectivity index (χ3n) is 3.13. The quantitative estimate of drug-likeness (QED) is 0.229. The van der Waals surface area contributed by atoms with Crippen molar-refractivity contribution < 1.29 is 32.7 Å². The van der Waals surface area contributed by atoms with E-state index in [1.807, 2.05) is 0 Å². The molecule has 0 spiro atoms. The Labute approximate surface area is 151 Å². The number of esters is 1. The molecule has 0 aromatic carbocycles. The average molecular weight is 378 g/mol. The van der Waals surface area contributed by atoms with E-state index >= 15 is 0 Å². The van der Waals surface area contributed by atoms with Crippen molar-refractivity contribution in [2.75, 3.05) is 34.5 Å². The van der Waals surface area contributed by atoms with Gasteiger partial charge >= 0.3 is 20.7 Å². The number of carboxylic acids is 1. The first-order valence-electron chi connectivity index (χ1n) is 7.78. The lowest BCUT2D eigenvalue weighted by atomic mass is 10.2. The highest BCUT2D eigenvalue weighted by Gasteiger charge is 2.36. The summed E-state index contributed by atoms with van der Waals surface area (Å²) in [6.07, 6.45) is 1.83. The summed E-state index contributed by atoms with van der Waals surface area (Å²) in [4.78, 5) is 21.1. The van der Waals surface area contributed by atoms with Gasteiger partial charge in [-0.25, -0.2) is 9.59 Å². The number of carbonyl (C=O) groups excluding carboxylic acids is 1. The molecule has 0 atom stereocenters. The van der Waals surface area contributed by atoms with Gasteiger partial charge < -0.3 is 28.9 Å². The van der Waals surface area contributed by atoms with E-state index < -0.39 is 14.8 Å². The summed E-state index contributed by atoms with van der Waals surface area (Å²) in [5.41, 5.74) is 5.78. The fourth-order valence-corrected chi connectivity index (χ4v) is 3.25. The number of carboxylic acid groups (broad SMARTS) is 1. The van der Waals surface area contributed by atoms with Gasteiger partial charge in [-0.2, -0.15) is 0 Å². The van der Waals surface area contributed by atoms with Crippen molar-refractivity contribution in [2.45, 2.75) is 32.2 Å². The first-order chi connectivity index (χ1) is 11.7. The molecule has 0 heterocycles. The molecule has 0 bridgehead atoms. The number of rotatable bonds is 12. The monoisotopic (exact) mass is 377 g/mol. The number of aliphatic carboxylic acids is 1. The fourth-order valence-electron chi connectivity index (χ4n) is 1.56. The number of ether oxygens (including phenoxy) is 1. The van der Waals surface area contributed by atoms with Crippen LogP contribution in [0.5, 0.6) is 0 Å². The van der Waals surface area contributed by atoms with Crippen molar-refractivity contribution in [1.82, 2.24) is 0 Å². The van der Waals surface area contributed by atoms with E-state index in [4.69, 9.17) is 28.9 Å². The van der Waals surface area contributed by atoms with E-state index in [1.165, 1.54) is 0 Å². The van der Waals surface area contributed by atoms with Crippen molar-refractivity contribution in [3.05, 3.63) is 24.3 Å². The molecule has 0 saturated carbocycles. The Morgan fingerprint density at radius 2 is 1.60 bits per heavy atom. The Balaban J connectivity index is 0. The Morgan fingerprint density at radius 1 is 1.08 bits per heavy atom. The van der Waals surface area contributed by atoms with Gasteiger partial charge in [0.2, 0.25) is 0 Å². The Kier molecular flexibility index (Phi) is 15.2. The summed E-state index contributed by atoms with van der Waals surface area (Å²) in [5, 5.41) is 8.27. The van der Waals surface area contributed by atoms with Crippen LogP contribution in [-0.4, -0.2) is 60.3 Å². The number of nitrogens with two attached hydrogens (primary N) is 1. The van der Waals surface area contributed by atoms with Crippen LogP contribution in [0.1, 0.15) is 26.2 Å². The average Bonchev–Trinajstić information content (AvgIpc) is 2.60. The Bertz CT molecular complexity index is 428. The molecule has 3 N–H and O–H groups in total. The van der Waals surface area contributed by atoms with Crippen LogP contribution in [0.3, 0.4) is 0 Å². The number of carbonyl (C=O) groups is 2. The van der Waals surface area contributed by atoms with Crippen LogP contribution in [0.25, 0.3) is 0 Å². The predicted octanol–water partition coefficient (Wildman–Crippen LogP) is 1.74. The predicted molar refractivity (Wildman–Crippen MR) is 97.0 cm³/mol. The van der Waals surface area contributed by atoms with E-state index in [9.17, 15) is 9.59 Å². The molecule has 0 aliphatic carbocycles. The van der Waals surface area contributed by atoms with Gasteiger partial charge in [0.1, 0.15) is 0 Å². The highest BCUT2D eigenvalue weighted by Crippen LogP contribution is 2.14. The molecule has 0 amide bonds. The van der Waals surface area contributed by atoms with E-state index in [1.54, 1.807) is 28.3 Å². The first-order valence-corrected chi connectivity index (χ1v) is 9.72. The summed E-state index contributed by atoms with van der Waals surface area (Å²) >= 11 is 0. The van der Waals surface area contributed by atoms with Crippen molar-refractivity contribution in [3.8, 4) is 0 Å². The lowest BCUT2D eigenvalue weighted by Gasteiger charge is -2.24. The van der Waals surface area contributed by atoms with Crippen LogP contribution in [-0.2, 0) is 27.6 Å². The minimum absolute atomic E-state index is 0.237. The lowest BCUT2D eigenvalue weighted by molar-refractivity contribution is -0.139. The molecule has 0 unspecified atom stereocenters. The number of hydrogen-bond acceptors (Lipinski definition) is 7. The van der Waals surface area contributed by atoms with Crippen LogP contribution in [0, 0.1) is 0 Å². The molecule has 0 saturated heterocycles. The van der Waals surface area contributed by atoms with Crippen LogP contribution in [0.4, 0.5) is 0 Å². The summed E-state index contributed by atoms with van der Waals surface area (Å²) in [5.74, 6) is -1.30. The Hall–Kier alpha value is -1.52. The minimum atomic E-state index is -2.53. The molecule has 0 aromatic rings. The van der Waals surface area contributed by atoms with Crippen molar-refractivity contribution in [2.24, 2.45) is 5.73 Å². The van der Waals surface area contributed by atoms with Crippen LogP contribution in [0.2, 0.25) is 6.04 Å². The third kappa shape index (κ3) is 12.5. The maximum atomic E-state index is 11.1. The molecular formula is C16H31NO7Si. The van der Waals surface area contributed by atoms with E-state index in [2.05, 4.69) is 13.2 Å². The topological polar surface area (TPSA) is 117 Å². The normalized spacial score (nSPS) is 10.4. The Morgan fingerprint density at radius 3 is 1.96 bits per heavy atom. The van der Waals surface area contributed by atoms with Crippen LogP contribution < -0.4 is 5.73 Å². The second-order valence-corrected chi connectivity index (χ2v) is 8.21. The van der Waals surface area contributed by atoms with Crippen molar-refractivity contribution in [1.29, 1.82) is 0 Å². The lowest BCUT2D eigenvalue weighted by Crippen LogP contribution is -2.42. The molecule has 0 aliphatic heterocycles. The zero-order valence-electron chi connectivity index (χ0n) is 15.6. The molecule has 0 rings (SSSR count). The van der Waals surface area contributed by atoms with Gasteiger partial charge in [-0.05, 0) is 32.7 Å². The van der Waals surface area contributed by atoms with Gasteiger partial charge in [0.05, 0.1) is 6.61 Å². The maximum Gasteiger partial charge on any atom is 0.500 e. The SMILES string of the molecule is C=C(C)C(=O)OCCC[Si](OC)(OC)OC.C=C(CCCN)C(=O)O. The summed E-state index contributed by atoms with van der Waals surface area (Å²) < 4.78 is 20.6. The molecule has 9 heteroatoms. The number of hydrogen-bond donors (Lipinski definition) is 2. The second-order valence-electron chi connectivity index (χ2n) is 5.12. The van der Waals surface area contributed by atoms with Crippen LogP contribution in [0.15, 0.2) is 24.3 Å². The van der Waals surface area contributed by atoms with Gasteiger partial charge in [-0.15, -0.1) is 0 Å². The minimum Gasteiger partial charge on any atom is -0.478 e. The molecule has 8 nitrogen and oxygen atoms in total.